The lowest BCUT2D eigenvalue weighted by atomic mass is 9.85. The molecule has 0 atom stereocenters. The first-order chi connectivity index (χ1) is 8.36. The first-order valence-electron chi connectivity index (χ1n) is 8.10. The molecule has 1 nitrogen and oxygen atoms in total. The zero-order valence-electron chi connectivity index (χ0n) is 12.1. The molecular weight excluding hydrogens is 206 g/mol. The molecule has 1 saturated carbocycles. The van der Waals surface area contributed by atoms with Gasteiger partial charge in [0.05, 0.1) is 0 Å². The van der Waals surface area contributed by atoms with Crippen LogP contribution < -0.4 is 5.32 Å². The molecule has 0 bridgehead atoms. The van der Waals surface area contributed by atoms with Crippen LogP contribution >= 0.6 is 0 Å². The molecule has 0 amide bonds. The fourth-order valence-electron chi connectivity index (χ4n) is 2.66. The van der Waals surface area contributed by atoms with E-state index in [1.54, 1.807) is 0 Å². The summed E-state index contributed by atoms with van der Waals surface area (Å²) in [7, 11) is 0. The maximum Gasteiger partial charge on any atom is 0.00671 e. The second kappa shape index (κ2) is 9.94. The molecule has 0 radical (unpaired) electrons. The lowest BCUT2D eigenvalue weighted by Crippen LogP contribution is -2.35. The molecule has 1 aliphatic carbocycles. The Bertz CT molecular complexity index is 153. The molecule has 1 fully saturated rings. The van der Waals surface area contributed by atoms with Gasteiger partial charge in [-0.3, -0.25) is 0 Å². The van der Waals surface area contributed by atoms with Crippen LogP contribution in [0.2, 0.25) is 0 Å². The van der Waals surface area contributed by atoms with Gasteiger partial charge in [0.2, 0.25) is 0 Å². The molecule has 0 heterocycles. The summed E-state index contributed by atoms with van der Waals surface area (Å²) < 4.78 is 0. The van der Waals surface area contributed by atoms with Gasteiger partial charge in [0.15, 0.2) is 0 Å². The minimum Gasteiger partial charge on any atom is -0.314 e. The average molecular weight is 239 g/mol. The molecule has 1 rings (SSSR count). The van der Waals surface area contributed by atoms with Crippen LogP contribution in [-0.4, -0.2) is 12.6 Å². The summed E-state index contributed by atoms with van der Waals surface area (Å²) >= 11 is 0. The molecular formula is C16H33N. The topological polar surface area (TPSA) is 12.0 Å². The Morgan fingerprint density at radius 3 is 1.94 bits per heavy atom. The highest BCUT2D eigenvalue weighted by Gasteiger charge is 2.18. The van der Waals surface area contributed by atoms with Crippen LogP contribution in [0.4, 0.5) is 0 Å². The van der Waals surface area contributed by atoms with Crippen LogP contribution in [0.25, 0.3) is 0 Å². The van der Waals surface area contributed by atoms with Gasteiger partial charge in [0.25, 0.3) is 0 Å². The Morgan fingerprint density at radius 2 is 1.53 bits per heavy atom. The fraction of sp³-hybridized carbons (Fsp3) is 1.00. The van der Waals surface area contributed by atoms with Crippen molar-refractivity contribution in [1.29, 1.82) is 0 Å². The van der Waals surface area contributed by atoms with Crippen molar-refractivity contribution in [1.82, 2.24) is 5.32 Å². The Kier molecular flexibility index (Phi) is 8.78. The molecule has 0 aliphatic heterocycles. The summed E-state index contributed by atoms with van der Waals surface area (Å²) in [5.41, 5.74) is 0. The molecule has 1 N–H and O–H groups in total. The highest BCUT2D eigenvalue weighted by molar-refractivity contribution is 4.75. The van der Waals surface area contributed by atoms with Gasteiger partial charge in [0, 0.05) is 6.04 Å². The van der Waals surface area contributed by atoms with Gasteiger partial charge in [0.1, 0.15) is 0 Å². The Morgan fingerprint density at radius 1 is 0.941 bits per heavy atom. The van der Waals surface area contributed by atoms with Crippen LogP contribution in [0.15, 0.2) is 0 Å². The zero-order valence-corrected chi connectivity index (χ0v) is 12.1. The van der Waals surface area contributed by atoms with Gasteiger partial charge in [-0.05, 0) is 38.1 Å². The number of nitrogens with one attached hydrogen (secondary N) is 1. The summed E-state index contributed by atoms with van der Waals surface area (Å²) in [5, 5.41) is 3.84. The van der Waals surface area contributed by atoms with Crippen LogP contribution in [0.5, 0.6) is 0 Å². The monoisotopic (exact) mass is 239 g/mol. The Balaban J connectivity index is 2.09. The van der Waals surface area contributed by atoms with E-state index >= 15 is 0 Å². The van der Waals surface area contributed by atoms with Crippen molar-refractivity contribution < 1.29 is 0 Å². The normalized spacial score (nSPS) is 16.4. The molecule has 0 aromatic rings. The van der Waals surface area contributed by atoms with Crippen molar-refractivity contribution in [3.8, 4) is 0 Å². The predicted octanol–water partition coefficient (Wildman–Crippen LogP) is 4.91. The lowest BCUT2D eigenvalue weighted by molar-refractivity contribution is 0.278. The van der Waals surface area contributed by atoms with E-state index in [9.17, 15) is 0 Å². The first kappa shape index (κ1) is 15.0. The SMILES string of the molecule is CCCCCC(CCCCC)NCC1CCC1. The van der Waals surface area contributed by atoms with Crippen molar-refractivity contribution in [2.24, 2.45) is 5.92 Å². The summed E-state index contributed by atoms with van der Waals surface area (Å²) in [4.78, 5) is 0. The van der Waals surface area contributed by atoms with Gasteiger partial charge in [-0.25, -0.2) is 0 Å². The third kappa shape index (κ3) is 7.08. The van der Waals surface area contributed by atoms with Crippen LogP contribution in [0, 0.1) is 5.92 Å². The highest BCUT2D eigenvalue weighted by atomic mass is 14.9. The van der Waals surface area contributed by atoms with Crippen molar-refractivity contribution in [3.05, 3.63) is 0 Å². The summed E-state index contributed by atoms with van der Waals surface area (Å²) in [6.07, 6.45) is 15.6. The summed E-state index contributed by atoms with van der Waals surface area (Å²) in [6, 6.07) is 0.814. The fourth-order valence-corrected chi connectivity index (χ4v) is 2.66. The van der Waals surface area contributed by atoms with E-state index < -0.39 is 0 Å². The van der Waals surface area contributed by atoms with Crippen molar-refractivity contribution >= 4 is 0 Å². The molecule has 0 aromatic heterocycles. The zero-order chi connectivity index (χ0) is 12.3. The smallest absolute Gasteiger partial charge is 0.00671 e. The molecule has 1 heteroatoms. The van der Waals surface area contributed by atoms with E-state index in [1.165, 1.54) is 77.2 Å². The van der Waals surface area contributed by atoms with E-state index in [2.05, 4.69) is 19.2 Å². The largest absolute Gasteiger partial charge is 0.314 e. The van der Waals surface area contributed by atoms with Crippen LogP contribution in [0.1, 0.15) is 84.5 Å². The molecule has 0 unspecified atom stereocenters. The van der Waals surface area contributed by atoms with Gasteiger partial charge in [-0.2, -0.15) is 0 Å². The lowest BCUT2D eigenvalue weighted by Gasteiger charge is -2.28. The van der Waals surface area contributed by atoms with E-state index in [0.717, 1.165) is 12.0 Å². The molecule has 1 aliphatic rings. The maximum absolute atomic E-state index is 3.84. The van der Waals surface area contributed by atoms with Gasteiger partial charge in [-0.15, -0.1) is 0 Å². The third-order valence-corrected chi connectivity index (χ3v) is 4.23. The second-order valence-electron chi connectivity index (χ2n) is 5.89. The average Bonchev–Trinajstić information content (AvgIpc) is 2.27. The minimum atomic E-state index is 0.814. The van der Waals surface area contributed by atoms with Gasteiger partial charge < -0.3 is 5.32 Å². The molecule has 0 spiro atoms. The van der Waals surface area contributed by atoms with E-state index in [4.69, 9.17) is 0 Å². The van der Waals surface area contributed by atoms with Crippen molar-refractivity contribution in [2.45, 2.75) is 90.5 Å². The van der Waals surface area contributed by atoms with E-state index in [1.807, 2.05) is 0 Å². The predicted molar refractivity (Wildman–Crippen MR) is 77.4 cm³/mol. The molecule has 0 aromatic carbocycles. The number of unbranched alkanes of at least 4 members (excludes halogenated alkanes) is 4. The minimum absolute atomic E-state index is 0.814. The van der Waals surface area contributed by atoms with Gasteiger partial charge >= 0.3 is 0 Å². The summed E-state index contributed by atoms with van der Waals surface area (Å²) in [6.45, 7) is 5.89. The molecule has 17 heavy (non-hydrogen) atoms. The third-order valence-electron chi connectivity index (χ3n) is 4.23. The Labute approximate surface area is 109 Å². The number of hydrogen-bond acceptors (Lipinski definition) is 1. The standard InChI is InChI=1S/C16H33N/c1-3-5-7-12-16(13-8-6-4-2)17-14-15-10-9-11-15/h15-17H,3-14H2,1-2H3. The molecule has 102 valence electrons. The number of rotatable bonds is 11. The molecule has 0 saturated heterocycles. The van der Waals surface area contributed by atoms with Crippen LogP contribution in [-0.2, 0) is 0 Å². The maximum atomic E-state index is 3.84. The number of hydrogen-bond donors (Lipinski definition) is 1. The second-order valence-corrected chi connectivity index (χ2v) is 5.89. The van der Waals surface area contributed by atoms with Gasteiger partial charge in [-0.1, -0.05) is 58.8 Å². The Hall–Kier alpha value is -0.0400. The first-order valence-corrected chi connectivity index (χ1v) is 8.10. The van der Waals surface area contributed by atoms with Crippen molar-refractivity contribution in [2.75, 3.05) is 6.54 Å². The van der Waals surface area contributed by atoms with Crippen LogP contribution in [0.3, 0.4) is 0 Å². The van der Waals surface area contributed by atoms with E-state index in [0.29, 0.717) is 0 Å². The van der Waals surface area contributed by atoms with Crippen molar-refractivity contribution in [3.63, 3.8) is 0 Å². The van der Waals surface area contributed by atoms with E-state index in [-0.39, 0.29) is 0 Å². The highest BCUT2D eigenvalue weighted by Crippen LogP contribution is 2.25. The quantitative estimate of drug-likeness (QED) is 0.505. The summed E-state index contributed by atoms with van der Waals surface area (Å²) in [5.74, 6) is 1.01.